The van der Waals surface area contributed by atoms with Gasteiger partial charge >= 0.3 is 0 Å². The molecule has 1 unspecified atom stereocenters. The summed E-state index contributed by atoms with van der Waals surface area (Å²) in [6, 6.07) is 52.1. The van der Waals surface area contributed by atoms with E-state index in [1.807, 2.05) is 36.4 Å². The van der Waals surface area contributed by atoms with Crippen LogP contribution in [0.4, 0.5) is 0 Å². The highest BCUT2D eigenvalue weighted by molar-refractivity contribution is 6.16. The van der Waals surface area contributed by atoms with Crippen molar-refractivity contribution >= 4 is 55.3 Å². The van der Waals surface area contributed by atoms with E-state index >= 15 is 0 Å². The van der Waals surface area contributed by atoms with Crippen molar-refractivity contribution in [3.05, 3.63) is 181 Å². The second kappa shape index (κ2) is 11.6. The summed E-state index contributed by atoms with van der Waals surface area (Å²) in [5.41, 5.74) is 9.18. The standard InChI is InChI=1S/C45H33N5/c1-4-14-30(15-5-1)43-46-44(31-16-6-2-7-17-31)48-45(47-43)50-40-23-13-11-21-36(40)38-29-33(25-27-42(38)50)32-24-26-41-37(28-32)35-20-10-12-22-39(35)49(41)34-18-8-3-9-19-34/h1-18,20-29,34,45H,19H2,(H,46,47,48). The minimum absolute atomic E-state index is 0.306. The lowest BCUT2D eigenvalue weighted by molar-refractivity contribution is 0.575. The summed E-state index contributed by atoms with van der Waals surface area (Å²) >= 11 is 0. The van der Waals surface area contributed by atoms with Gasteiger partial charge in [-0.05, 0) is 53.9 Å². The number of hydrogen-bond acceptors (Lipinski definition) is 3. The van der Waals surface area contributed by atoms with Crippen molar-refractivity contribution in [2.45, 2.75) is 18.8 Å². The first-order valence-corrected chi connectivity index (χ1v) is 17.2. The van der Waals surface area contributed by atoms with Gasteiger partial charge in [0.15, 0.2) is 0 Å². The molecule has 5 heteroatoms. The molecule has 0 amide bonds. The van der Waals surface area contributed by atoms with Gasteiger partial charge in [0.05, 0.1) is 17.1 Å². The maximum atomic E-state index is 5.22. The number of rotatable bonds is 5. The fraction of sp³-hybridized carbons (Fsp3) is 0.0667. The van der Waals surface area contributed by atoms with Crippen LogP contribution < -0.4 is 5.32 Å². The molecule has 0 fully saturated rings. The molecule has 6 aromatic carbocycles. The van der Waals surface area contributed by atoms with E-state index in [-0.39, 0.29) is 0 Å². The van der Waals surface area contributed by atoms with Crippen LogP contribution in [0.3, 0.4) is 0 Å². The highest BCUT2D eigenvalue weighted by Gasteiger charge is 2.24. The molecular weight excluding hydrogens is 611 g/mol. The van der Waals surface area contributed by atoms with E-state index in [0.717, 1.165) is 40.3 Å². The van der Waals surface area contributed by atoms with Gasteiger partial charge in [-0.25, -0.2) is 9.98 Å². The van der Waals surface area contributed by atoms with Gasteiger partial charge in [-0.1, -0.05) is 133 Å². The Bertz CT molecular complexity index is 2650. The second-order valence-corrected chi connectivity index (χ2v) is 13.0. The van der Waals surface area contributed by atoms with Crippen molar-refractivity contribution in [2.24, 2.45) is 9.98 Å². The van der Waals surface area contributed by atoms with E-state index in [0.29, 0.717) is 6.04 Å². The minimum atomic E-state index is -0.485. The Labute approximate surface area is 289 Å². The lowest BCUT2D eigenvalue weighted by atomic mass is 10.0. The Kier molecular flexibility index (Phi) is 6.62. The first-order valence-electron chi connectivity index (χ1n) is 17.2. The summed E-state index contributed by atoms with van der Waals surface area (Å²) in [4.78, 5) is 10.4. The first kappa shape index (κ1) is 28.5. The number of benzene rings is 6. The van der Waals surface area contributed by atoms with E-state index in [4.69, 9.17) is 9.98 Å². The maximum absolute atomic E-state index is 5.22. The molecule has 0 bridgehead atoms. The topological polar surface area (TPSA) is 46.6 Å². The molecule has 238 valence electrons. The van der Waals surface area contributed by atoms with Crippen LogP contribution in [0.2, 0.25) is 0 Å². The molecule has 1 aliphatic carbocycles. The maximum Gasteiger partial charge on any atom is 0.224 e. The highest BCUT2D eigenvalue weighted by atomic mass is 15.3. The zero-order chi connectivity index (χ0) is 33.0. The van der Waals surface area contributed by atoms with Crippen molar-refractivity contribution in [2.75, 3.05) is 0 Å². The summed E-state index contributed by atoms with van der Waals surface area (Å²) in [5.74, 6) is 1.61. The molecule has 50 heavy (non-hydrogen) atoms. The molecule has 1 N–H and O–H groups in total. The third kappa shape index (κ3) is 4.62. The van der Waals surface area contributed by atoms with Crippen molar-refractivity contribution < 1.29 is 0 Å². The van der Waals surface area contributed by atoms with Gasteiger partial charge in [0.2, 0.25) is 6.29 Å². The number of nitrogens with one attached hydrogen (secondary N) is 1. The average Bonchev–Trinajstić information content (AvgIpc) is 3.71. The van der Waals surface area contributed by atoms with Crippen molar-refractivity contribution in [3.8, 4) is 11.1 Å². The molecular formula is C45H33N5. The molecule has 2 aliphatic rings. The third-order valence-electron chi connectivity index (χ3n) is 10.1. The minimum Gasteiger partial charge on any atom is -0.333 e. The smallest absolute Gasteiger partial charge is 0.224 e. The van der Waals surface area contributed by atoms with E-state index in [2.05, 4.69) is 148 Å². The van der Waals surface area contributed by atoms with Crippen molar-refractivity contribution in [3.63, 3.8) is 0 Å². The fourth-order valence-corrected chi connectivity index (χ4v) is 7.77. The van der Waals surface area contributed by atoms with E-state index in [1.54, 1.807) is 0 Å². The Hall–Kier alpha value is -6.46. The highest BCUT2D eigenvalue weighted by Crippen LogP contribution is 2.39. The molecule has 2 aromatic heterocycles. The molecule has 0 saturated heterocycles. The normalized spacial score (nSPS) is 16.3. The quantitative estimate of drug-likeness (QED) is 0.199. The lowest BCUT2D eigenvalue weighted by Crippen LogP contribution is -2.36. The predicted molar refractivity (Wildman–Crippen MR) is 208 cm³/mol. The molecule has 3 heterocycles. The molecule has 0 spiro atoms. The van der Waals surface area contributed by atoms with E-state index in [1.165, 1.54) is 43.7 Å². The summed E-state index contributed by atoms with van der Waals surface area (Å²) in [6.07, 6.45) is 9.39. The number of nitrogens with zero attached hydrogens (tertiary/aromatic N) is 4. The molecule has 8 aromatic rings. The number of hydrogen-bond donors (Lipinski definition) is 1. The van der Waals surface area contributed by atoms with Gasteiger partial charge in [0.25, 0.3) is 0 Å². The molecule has 0 radical (unpaired) electrons. The summed E-state index contributed by atoms with van der Waals surface area (Å²) < 4.78 is 4.78. The SMILES string of the molecule is C1=CCC(n2c3ccccc3c3cc(-c4ccc5c(c4)c4ccccc4n5C4N=C(c5ccccc5)NC(c5ccccc5)=N4)ccc32)C=C1. The Morgan fingerprint density at radius 3 is 1.52 bits per heavy atom. The first-order chi connectivity index (χ1) is 24.8. The van der Waals surface area contributed by atoms with Crippen LogP contribution >= 0.6 is 0 Å². The van der Waals surface area contributed by atoms with Gasteiger partial charge in [-0.3, -0.25) is 4.57 Å². The monoisotopic (exact) mass is 643 g/mol. The number of fused-ring (bicyclic) bond motifs is 6. The average molecular weight is 644 g/mol. The largest absolute Gasteiger partial charge is 0.333 e. The van der Waals surface area contributed by atoms with E-state index in [9.17, 15) is 0 Å². The van der Waals surface area contributed by atoms with Gasteiger partial charge in [0.1, 0.15) is 11.7 Å². The molecule has 5 nitrogen and oxygen atoms in total. The lowest BCUT2D eigenvalue weighted by Gasteiger charge is -2.24. The summed E-state index contributed by atoms with van der Waals surface area (Å²) in [7, 11) is 0. The number of aromatic nitrogens is 2. The number of aliphatic imine (C=N–C) groups is 2. The molecule has 1 aliphatic heterocycles. The number of allylic oxidation sites excluding steroid dienone is 4. The van der Waals surface area contributed by atoms with Crippen LogP contribution in [0.15, 0.2) is 180 Å². The number of amidine groups is 2. The van der Waals surface area contributed by atoms with Gasteiger partial charge in [-0.15, -0.1) is 0 Å². The summed E-state index contributed by atoms with van der Waals surface area (Å²) in [6.45, 7) is 0. The molecule has 1 atom stereocenters. The summed E-state index contributed by atoms with van der Waals surface area (Å²) in [5, 5.41) is 8.47. The Morgan fingerprint density at radius 2 is 0.960 bits per heavy atom. The Morgan fingerprint density at radius 1 is 0.460 bits per heavy atom. The van der Waals surface area contributed by atoms with Crippen molar-refractivity contribution in [1.82, 2.24) is 14.5 Å². The van der Waals surface area contributed by atoms with Crippen LogP contribution in [0, 0.1) is 0 Å². The molecule has 10 rings (SSSR count). The third-order valence-corrected chi connectivity index (χ3v) is 10.1. The number of para-hydroxylation sites is 2. The van der Waals surface area contributed by atoms with Gasteiger partial charge in [0, 0.05) is 43.7 Å². The van der Waals surface area contributed by atoms with Crippen LogP contribution in [0.1, 0.15) is 29.9 Å². The molecule has 0 saturated carbocycles. The van der Waals surface area contributed by atoms with Crippen LogP contribution in [0.5, 0.6) is 0 Å². The predicted octanol–water partition coefficient (Wildman–Crippen LogP) is 10.6. The van der Waals surface area contributed by atoms with Crippen LogP contribution in [-0.2, 0) is 0 Å². The Balaban J connectivity index is 1.14. The van der Waals surface area contributed by atoms with Crippen molar-refractivity contribution in [1.29, 1.82) is 0 Å². The van der Waals surface area contributed by atoms with Gasteiger partial charge < -0.3 is 9.88 Å². The van der Waals surface area contributed by atoms with Crippen LogP contribution in [-0.4, -0.2) is 20.8 Å². The van der Waals surface area contributed by atoms with Gasteiger partial charge in [-0.2, -0.15) is 0 Å². The second-order valence-electron chi connectivity index (χ2n) is 13.0. The van der Waals surface area contributed by atoms with E-state index < -0.39 is 6.29 Å². The fourth-order valence-electron chi connectivity index (χ4n) is 7.77. The zero-order valence-electron chi connectivity index (χ0n) is 27.3. The zero-order valence-corrected chi connectivity index (χ0v) is 27.3. The van der Waals surface area contributed by atoms with Crippen LogP contribution in [0.25, 0.3) is 54.7 Å².